The summed E-state index contributed by atoms with van der Waals surface area (Å²) in [5, 5.41) is 8.78. The van der Waals surface area contributed by atoms with Gasteiger partial charge in [0.15, 0.2) is 13.1 Å². The first-order valence-electron chi connectivity index (χ1n) is 17.5. The minimum absolute atomic E-state index is 0.0823. The number of hydrogen-bond donors (Lipinski definition) is 2. The van der Waals surface area contributed by atoms with Crippen molar-refractivity contribution in [2.75, 3.05) is 38.7 Å². The van der Waals surface area contributed by atoms with E-state index in [9.17, 15) is 0 Å². The van der Waals surface area contributed by atoms with Gasteiger partial charge in [-0.2, -0.15) is 0 Å². The minimum Gasteiger partial charge on any atom is -0.487 e. The van der Waals surface area contributed by atoms with Crippen LogP contribution in [-0.2, 0) is 9.47 Å². The van der Waals surface area contributed by atoms with Crippen molar-refractivity contribution in [1.29, 1.82) is 0 Å². The van der Waals surface area contributed by atoms with Crippen LogP contribution in [0.2, 0.25) is 5.02 Å². The van der Waals surface area contributed by atoms with E-state index in [1.807, 2.05) is 32.2 Å². The summed E-state index contributed by atoms with van der Waals surface area (Å²) in [6.07, 6.45) is 15.9. The zero-order chi connectivity index (χ0) is 35.5. The molecule has 3 heterocycles. The van der Waals surface area contributed by atoms with Crippen molar-refractivity contribution in [3.05, 3.63) is 41.8 Å². The molecule has 2 fully saturated rings. The minimum atomic E-state index is -0.222. The maximum atomic E-state index is 6.44. The molecule has 1 aliphatic carbocycles. The van der Waals surface area contributed by atoms with Crippen LogP contribution in [0.4, 0.5) is 11.6 Å². The molecule has 1 saturated carbocycles. The van der Waals surface area contributed by atoms with Gasteiger partial charge in [0, 0.05) is 44.0 Å². The second-order valence-corrected chi connectivity index (χ2v) is 13.6. The van der Waals surface area contributed by atoms with Gasteiger partial charge in [0.1, 0.15) is 42.3 Å². The van der Waals surface area contributed by atoms with Crippen molar-refractivity contribution in [2.24, 2.45) is 21.6 Å². The van der Waals surface area contributed by atoms with E-state index < -0.39 is 0 Å². The first-order valence-corrected chi connectivity index (χ1v) is 17.8. The van der Waals surface area contributed by atoms with Gasteiger partial charge in [0.2, 0.25) is 5.95 Å². The van der Waals surface area contributed by atoms with Crippen LogP contribution in [0.1, 0.15) is 65.8 Å². The summed E-state index contributed by atoms with van der Waals surface area (Å²) < 4.78 is 28.1. The Kier molecular flexibility index (Phi) is 13.6. The molecule has 5 rings (SSSR count). The highest BCUT2D eigenvalue weighted by Gasteiger charge is 2.29. The number of methoxy groups -OCH3 is 1. The molecule has 1 aliphatic heterocycles. The molecule has 0 amide bonds. The van der Waals surface area contributed by atoms with Crippen LogP contribution in [0.5, 0.6) is 11.6 Å². The molecular weight excluding hydrogens is 658 g/mol. The molecule has 0 radical (unpaired) electrons. The van der Waals surface area contributed by atoms with Crippen LogP contribution < -0.4 is 20.5 Å². The first kappa shape index (κ1) is 37.2. The molecule has 2 aliphatic rings. The van der Waals surface area contributed by atoms with Gasteiger partial charge in [-0.25, -0.2) is 19.5 Å². The third-order valence-corrected chi connectivity index (χ3v) is 9.12. The molecule has 1 aromatic carbocycles. The number of aliphatic imine (C=N–C) groups is 2. The van der Waals surface area contributed by atoms with Crippen molar-refractivity contribution >= 4 is 42.1 Å². The molecule has 0 spiro atoms. The van der Waals surface area contributed by atoms with Crippen LogP contribution in [0.3, 0.4) is 0 Å². The van der Waals surface area contributed by atoms with E-state index in [0.717, 1.165) is 62.0 Å². The molecular formula is C36H51ClN9O4+. The van der Waals surface area contributed by atoms with E-state index in [4.69, 9.17) is 41.4 Å². The Morgan fingerprint density at radius 2 is 1.82 bits per heavy atom. The molecule has 1 unspecified atom stereocenters. The highest BCUT2D eigenvalue weighted by molar-refractivity contribution is 6.32. The lowest BCUT2D eigenvalue weighted by atomic mass is 9.86. The van der Waals surface area contributed by atoms with Gasteiger partial charge < -0.3 is 30.0 Å². The smallest absolute Gasteiger partial charge is 0.257 e. The number of rotatable bonds is 15. The highest BCUT2D eigenvalue weighted by Crippen LogP contribution is 2.36. The molecule has 4 atom stereocenters. The van der Waals surface area contributed by atoms with Crippen molar-refractivity contribution in [1.82, 2.24) is 19.7 Å². The van der Waals surface area contributed by atoms with Crippen LogP contribution >= 0.6 is 11.6 Å². The SMILES string of the molecule is COCCC(C)Oc1nn(C2CCC(C=[N+]3C[C@@H](C)O[C@@H](C)C3)CC2)cc1Nc1ncc(-c2ccc(Cl)c(O[C@@H](C)CN=CN=CN)c2)cn1. The Morgan fingerprint density at radius 3 is 2.52 bits per heavy atom. The lowest BCUT2D eigenvalue weighted by Crippen LogP contribution is -2.41. The third kappa shape index (κ3) is 10.7. The standard InChI is InChI=1S/C36H51ClN9O4/c1-24(12-13-47-5)50-35-33(21-46(44-35)31-9-6-28(7-10-31)20-45-18-26(3)48-27(4)19-45)43-36-41-16-30(17-42-36)29-8-11-32(37)34(14-29)49-25(2)15-39-23-40-22-38/h8,11,14,16-17,20-28,31H,6-7,9-10,12-13,15,18-19H2,1-5H3,(H2,38,39,40)(H,41,42,43)/q+1/t24?,25-,26-,27+,28?,31?/m0/s1. The molecule has 0 bridgehead atoms. The number of aromatic nitrogens is 4. The second-order valence-electron chi connectivity index (χ2n) is 13.2. The molecule has 3 aromatic rings. The number of nitrogens with zero attached hydrogens (tertiary/aromatic N) is 7. The Balaban J connectivity index is 1.26. The van der Waals surface area contributed by atoms with Crippen LogP contribution in [0.15, 0.2) is 46.8 Å². The van der Waals surface area contributed by atoms with E-state index in [-0.39, 0.29) is 30.5 Å². The fourth-order valence-corrected chi connectivity index (χ4v) is 6.55. The number of nitrogens with one attached hydrogen (secondary N) is 1. The normalized spacial score (nSPS) is 23.4. The van der Waals surface area contributed by atoms with Crippen LogP contribution in [0, 0.1) is 5.92 Å². The van der Waals surface area contributed by atoms with E-state index >= 15 is 0 Å². The summed E-state index contributed by atoms with van der Waals surface area (Å²) in [4.78, 5) is 17.2. The summed E-state index contributed by atoms with van der Waals surface area (Å²) in [5.74, 6) is 2.08. The van der Waals surface area contributed by atoms with Crippen molar-refractivity contribution < 1.29 is 23.5 Å². The van der Waals surface area contributed by atoms with Gasteiger partial charge in [0.05, 0.1) is 36.2 Å². The predicted molar refractivity (Wildman–Crippen MR) is 198 cm³/mol. The quantitative estimate of drug-likeness (QED) is 0.111. The Labute approximate surface area is 300 Å². The Bertz CT molecular complexity index is 1590. The molecule has 2 aromatic heterocycles. The Morgan fingerprint density at radius 1 is 1.08 bits per heavy atom. The second kappa shape index (κ2) is 18.2. The lowest BCUT2D eigenvalue weighted by Gasteiger charge is -2.28. The fourth-order valence-electron chi connectivity index (χ4n) is 6.39. The molecule has 13 nitrogen and oxygen atoms in total. The van der Waals surface area contributed by atoms with Crippen molar-refractivity contribution in [3.63, 3.8) is 0 Å². The number of ether oxygens (including phenoxy) is 4. The number of halogens is 1. The van der Waals surface area contributed by atoms with Gasteiger partial charge in [0.25, 0.3) is 5.88 Å². The molecule has 50 heavy (non-hydrogen) atoms. The summed E-state index contributed by atoms with van der Waals surface area (Å²) in [6, 6.07) is 5.86. The van der Waals surface area contributed by atoms with Gasteiger partial charge in [-0.1, -0.05) is 17.7 Å². The van der Waals surface area contributed by atoms with Gasteiger partial charge in [-0.15, -0.1) is 5.10 Å². The maximum Gasteiger partial charge on any atom is 0.257 e. The predicted octanol–water partition coefficient (Wildman–Crippen LogP) is 5.95. The van der Waals surface area contributed by atoms with E-state index in [2.05, 4.69) is 54.6 Å². The molecule has 270 valence electrons. The van der Waals surface area contributed by atoms with Gasteiger partial charge in [-0.05, 0) is 71.1 Å². The average molecular weight is 709 g/mol. The van der Waals surface area contributed by atoms with E-state index in [1.165, 1.54) is 12.7 Å². The monoisotopic (exact) mass is 708 g/mol. The number of nitrogens with two attached hydrogens (primary N) is 1. The van der Waals surface area contributed by atoms with Crippen LogP contribution in [-0.4, -0.2) is 101 Å². The zero-order valence-corrected chi connectivity index (χ0v) is 30.5. The van der Waals surface area contributed by atoms with E-state index in [1.54, 1.807) is 25.6 Å². The largest absolute Gasteiger partial charge is 0.487 e. The zero-order valence-electron chi connectivity index (χ0n) is 29.7. The summed E-state index contributed by atoms with van der Waals surface area (Å²) in [5.41, 5.74) is 7.65. The molecule has 3 N–H and O–H groups in total. The fraction of sp³-hybridized carbons (Fsp3) is 0.556. The van der Waals surface area contributed by atoms with E-state index in [0.29, 0.717) is 41.7 Å². The Hall–Kier alpha value is -4.07. The highest BCUT2D eigenvalue weighted by atomic mass is 35.5. The topological polar surface area (TPSA) is 146 Å². The summed E-state index contributed by atoms with van der Waals surface area (Å²) >= 11 is 6.44. The van der Waals surface area contributed by atoms with Crippen molar-refractivity contribution in [3.8, 4) is 22.8 Å². The number of benzene rings is 1. The summed E-state index contributed by atoms with van der Waals surface area (Å²) in [7, 11) is 1.69. The summed E-state index contributed by atoms with van der Waals surface area (Å²) in [6.45, 7) is 11.2. The number of hydrogen-bond acceptors (Lipinski definition) is 9. The van der Waals surface area contributed by atoms with Crippen molar-refractivity contribution in [2.45, 2.75) is 90.3 Å². The average Bonchev–Trinajstić information content (AvgIpc) is 3.48. The van der Waals surface area contributed by atoms with Gasteiger partial charge >= 0.3 is 0 Å². The first-order chi connectivity index (χ1) is 24.2. The number of anilines is 2. The lowest BCUT2D eigenvalue weighted by molar-refractivity contribution is -0.564. The maximum absolute atomic E-state index is 6.44. The third-order valence-electron chi connectivity index (χ3n) is 8.81. The molecule has 1 saturated heterocycles. The van der Waals surface area contributed by atoms with Gasteiger partial charge in [-0.3, -0.25) is 9.67 Å². The molecule has 14 heteroatoms. The van der Waals surface area contributed by atoms with Crippen LogP contribution in [0.25, 0.3) is 11.1 Å². The number of morpholine rings is 1.